The lowest BCUT2D eigenvalue weighted by Crippen LogP contribution is -2.23. The lowest BCUT2D eigenvalue weighted by atomic mass is 10.1. The Hall–Kier alpha value is -2.07. The van der Waals surface area contributed by atoms with Crippen molar-refractivity contribution in [3.05, 3.63) is 59.2 Å². The van der Waals surface area contributed by atoms with Crippen LogP contribution in [0.4, 0.5) is 5.69 Å². The van der Waals surface area contributed by atoms with E-state index in [-0.39, 0.29) is 11.7 Å². The van der Waals surface area contributed by atoms with Crippen LogP contribution in [0.1, 0.15) is 34.3 Å². The van der Waals surface area contributed by atoms with Crippen LogP contribution in [-0.2, 0) is 4.79 Å². The van der Waals surface area contributed by atoms with Gasteiger partial charge < -0.3 is 4.90 Å². The summed E-state index contributed by atoms with van der Waals surface area (Å²) in [4.78, 5) is 27.1. The maximum absolute atomic E-state index is 12.4. The van der Waals surface area contributed by atoms with Crippen molar-refractivity contribution in [2.75, 3.05) is 17.2 Å². The Kier molecular flexibility index (Phi) is 5.05. The minimum absolute atomic E-state index is 0.111. The van der Waals surface area contributed by atoms with Crippen molar-refractivity contribution in [1.82, 2.24) is 0 Å². The monoisotopic (exact) mass is 339 g/mol. The molecule has 0 N–H and O–H groups in total. The minimum atomic E-state index is 0.111. The SMILES string of the molecule is Cc1ccc(C)c(SCC(=O)c2ccc(N3CCCC3=O)cc2)c1. The first-order valence-electron chi connectivity index (χ1n) is 8.18. The molecule has 1 amide bonds. The predicted octanol–water partition coefficient (Wildman–Crippen LogP) is 4.41. The lowest BCUT2D eigenvalue weighted by Gasteiger charge is -2.15. The van der Waals surface area contributed by atoms with Crippen molar-refractivity contribution in [3.8, 4) is 0 Å². The molecule has 0 radical (unpaired) electrons. The molecule has 1 aliphatic rings. The van der Waals surface area contributed by atoms with Crippen molar-refractivity contribution in [2.24, 2.45) is 0 Å². The topological polar surface area (TPSA) is 37.4 Å². The molecule has 2 aromatic carbocycles. The fourth-order valence-corrected chi connectivity index (χ4v) is 3.86. The van der Waals surface area contributed by atoms with Crippen molar-refractivity contribution < 1.29 is 9.59 Å². The molecule has 3 nitrogen and oxygen atoms in total. The zero-order valence-electron chi connectivity index (χ0n) is 14.0. The standard InChI is InChI=1S/C20H21NO2S/c1-14-5-6-15(2)19(12-14)24-13-18(22)16-7-9-17(10-8-16)21-11-3-4-20(21)23/h5-10,12H,3-4,11,13H2,1-2H3. The van der Waals surface area contributed by atoms with Crippen molar-refractivity contribution in [1.29, 1.82) is 0 Å². The smallest absolute Gasteiger partial charge is 0.227 e. The van der Waals surface area contributed by atoms with Gasteiger partial charge in [-0.2, -0.15) is 0 Å². The van der Waals surface area contributed by atoms with Crippen molar-refractivity contribution in [2.45, 2.75) is 31.6 Å². The number of hydrogen-bond donors (Lipinski definition) is 0. The maximum atomic E-state index is 12.4. The van der Waals surface area contributed by atoms with Crippen LogP contribution in [0.15, 0.2) is 47.4 Å². The first-order chi connectivity index (χ1) is 11.5. The number of Topliss-reactive ketones (excluding diaryl/α,β-unsaturated/α-hetero) is 1. The van der Waals surface area contributed by atoms with E-state index in [0.717, 1.165) is 23.5 Å². The van der Waals surface area contributed by atoms with E-state index in [1.54, 1.807) is 16.7 Å². The van der Waals surface area contributed by atoms with E-state index >= 15 is 0 Å². The molecule has 3 rings (SSSR count). The molecule has 0 atom stereocenters. The summed E-state index contributed by atoms with van der Waals surface area (Å²) in [6.07, 6.45) is 1.53. The number of rotatable bonds is 5. The molecule has 124 valence electrons. The molecule has 1 heterocycles. The summed E-state index contributed by atoms with van der Waals surface area (Å²) in [6.45, 7) is 4.90. The van der Waals surface area contributed by atoms with Gasteiger partial charge in [0.1, 0.15) is 0 Å². The van der Waals surface area contributed by atoms with Crippen molar-refractivity contribution in [3.63, 3.8) is 0 Å². The van der Waals surface area contributed by atoms with Gasteiger partial charge in [0, 0.05) is 29.1 Å². The summed E-state index contributed by atoms with van der Waals surface area (Å²) in [5.74, 6) is 0.700. The molecule has 0 unspecified atom stereocenters. The minimum Gasteiger partial charge on any atom is -0.312 e. The fraction of sp³-hybridized carbons (Fsp3) is 0.300. The van der Waals surface area contributed by atoms with E-state index in [2.05, 4.69) is 32.0 Å². The Bertz CT molecular complexity index is 768. The van der Waals surface area contributed by atoms with Gasteiger partial charge in [0.15, 0.2) is 5.78 Å². The highest BCUT2D eigenvalue weighted by atomic mass is 32.2. The summed E-state index contributed by atoms with van der Waals surface area (Å²) in [7, 11) is 0. The summed E-state index contributed by atoms with van der Waals surface area (Å²) >= 11 is 1.58. The Balaban J connectivity index is 1.65. The van der Waals surface area contributed by atoms with Crippen LogP contribution in [0, 0.1) is 13.8 Å². The molecule has 1 saturated heterocycles. The highest BCUT2D eigenvalue weighted by Gasteiger charge is 2.21. The van der Waals surface area contributed by atoms with Crippen LogP contribution in [0.3, 0.4) is 0 Å². The zero-order valence-corrected chi connectivity index (χ0v) is 14.9. The Labute approximate surface area is 147 Å². The van der Waals surface area contributed by atoms with Gasteiger partial charge in [-0.15, -0.1) is 11.8 Å². The molecular weight excluding hydrogens is 318 g/mol. The van der Waals surface area contributed by atoms with Gasteiger partial charge in [0.25, 0.3) is 0 Å². The third-order valence-electron chi connectivity index (χ3n) is 4.28. The van der Waals surface area contributed by atoms with Crippen LogP contribution in [0.2, 0.25) is 0 Å². The number of aryl methyl sites for hydroxylation is 2. The van der Waals surface area contributed by atoms with E-state index in [9.17, 15) is 9.59 Å². The molecule has 0 bridgehead atoms. The molecule has 24 heavy (non-hydrogen) atoms. The van der Waals surface area contributed by atoms with Crippen LogP contribution in [0.25, 0.3) is 0 Å². The largest absolute Gasteiger partial charge is 0.312 e. The van der Waals surface area contributed by atoms with Gasteiger partial charge in [0.05, 0.1) is 5.75 Å². The zero-order chi connectivity index (χ0) is 17.1. The lowest BCUT2D eigenvalue weighted by molar-refractivity contribution is -0.117. The van der Waals surface area contributed by atoms with Crippen LogP contribution in [-0.4, -0.2) is 24.0 Å². The van der Waals surface area contributed by atoms with Gasteiger partial charge in [-0.25, -0.2) is 0 Å². The molecule has 0 aliphatic carbocycles. The predicted molar refractivity (Wildman–Crippen MR) is 99.0 cm³/mol. The number of nitrogens with zero attached hydrogens (tertiary/aromatic N) is 1. The Morgan fingerprint density at radius 3 is 2.54 bits per heavy atom. The van der Waals surface area contributed by atoms with Gasteiger partial charge in [-0.05, 0) is 56.2 Å². The van der Waals surface area contributed by atoms with Crippen LogP contribution in [0.5, 0.6) is 0 Å². The quantitative estimate of drug-likeness (QED) is 0.598. The number of hydrogen-bond acceptors (Lipinski definition) is 3. The highest BCUT2D eigenvalue weighted by molar-refractivity contribution is 8.00. The molecule has 1 fully saturated rings. The number of amides is 1. The van der Waals surface area contributed by atoms with E-state index < -0.39 is 0 Å². The molecule has 0 saturated carbocycles. The molecule has 0 spiro atoms. The van der Waals surface area contributed by atoms with E-state index in [1.807, 2.05) is 24.3 Å². The van der Waals surface area contributed by atoms with Gasteiger partial charge >= 0.3 is 0 Å². The van der Waals surface area contributed by atoms with Gasteiger partial charge in [0.2, 0.25) is 5.91 Å². The summed E-state index contributed by atoms with van der Waals surface area (Å²) in [6, 6.07) is 13.7. The highest BCUT2D eigenvalue weighted by Crippen LogP contribution is 2.25. The number of thioether (sulfide) groups is 1. The molecular formula is C20H21NO2S. The average Bonchev–Trinajstić information content (AvgIpc) is 3.01. The molecule has 0 aromatic heterocycles. The van der Waals surface area contributed by atoms with Crippen LogP contribution < -0.4 is 4.90 Å². The van der Waals surface area contributed by atoms with Gasteiger partial charge in [-0.1, -0.05) is 17.7 Å². The van der Waals surface area contributed by atoms with Crippen LogP contribution >= 0.6 is 11.8 Å². The number of carbonyl (C=O) groups excluding carboxylic acids is 2. The second kappa shape index (κ2) is 7.22. The second-order valence-electron chi connectivity index (χ2n) is 6.18. The number of carbonyl (C=O) groups is 2. The molecule has 1 aliphatic heterocycles. The number of ketones is 1. The molecule has 4 heteroatoms. The number of benzene rings is 2. The maximum Gasteiger partial charge on any atom is 0.227 e. The first-order valence-corrected chi connectivity index (χ1v) is 9.17. The Morgan fingerprint density at radius 2 is 1.88 bits per heavy atom. The number of anilines is 1. The normalized spacial score (nSPS) is 14.2. The summed E-state index contributed by atoms with van der Waals surface area (Å²) in [5, 5.41) is 0. The van der Waals surface area contributed by atoms with E-state index in [0.29, 0.717) is 17.7 Å². The summed E-state index contributed by atoms with van der Waals surface area (Å²) in [5.41, 5.74) is 3.98. The van der Waals surface area contributed by atoms with Crippen molar-refractivity contribution >= 4 is 29.1 Å². The third-order valence-corrected chi connectivity index (χ3v) is 5.43. The van der Waals surface area contributed by atoms with E-state index in [4.69, 9.17) is 0 Å². The second-order valence-corrected chi connectivity index (χ2v) is 7.19. The first kappa shape index (κ1) is 16.8. The average molecular weight is 339 g/mol. The fourth-order valence-electron chi connectivity index (χ4n) is 2.84. The third kappa shape index (κ3) is 3.70. The summed E-state index contributed by atoms with van der Waals surface area (Å²) < 4.78 is 0. The molecule has 2 aromatic rings. The Morgan fingerprint density at radius 1 is 1.12 bits per heavy atom. The van der Waals surface area contributed by atoms with E-state index in [1.165, 1.54) is 11.1 Å². The van der Waals surface area contributed by atoms with Gasteiger partial charge in [-0.3, -0.25) is 9.59 Å².